The van der Waals surface area contributed by atoms with Crippen LogP contribution in [0, 0.1) is 5.82 Å². The van der Waals surface area contributed by atoms with Gasteiger partial charge in [0.2, 0.25) is 0 Å². The predicted molar refractivity (Wildman–Crippen MR) is 77.6 cm³/mol. The highest BCUT2D eigenvalue weighted by molar-refractivity contribution is 9.10. The molecule has 3 nitrogen and oxygen atoms in total. The molecule has 2 aromatic rings. The Bertz CT molecular complexity index is 549. The van der Waals surface area contributed by atoms with Gasteiger partial charge in [-0.3, -0.25) is 0 Å². The SMILES string of the molecule is COc1cc(F)cc(Br)c1CNNc1ccccc1. The summed E-state index contributed by atoms with van der Waals surface area (Å²) in [6, 6.07) is 12.5. The van der Waals surface area contributed by atoms with E-state index in [9.17, 15) is 4.39 Å². The monoisotopic (exact) mass is 324 g/mol. The third-order valence-corrected chi connectivity index (χ3v) is 3.32. The van der Waals surface area contributed by atoms with Crippen molar-refractivity contribution in [2.24, 2.45) is 0 Å². The molecule has 0 saturated heterocycles. The predicted octanol–water partition coefficient (Wildman–Crippen LogP) is 3.71. The van der Waals surface area contributed by atoms with Crippen LogP contribution in [0.5, 0.6) is 5.75 Å². The van der Waals surface area contributed by atoms with Crippen molar-refractivity contribution in [3.8, 4) is 5.75 Å². The molecule has 100 valence electrons. The molecule has 0 heterocycles. The zero-order chi connectivity index (χ0) is 13.7. The molecule has 2 N–H and O–H groups in total. The van der Waals surface area contributed by atoms with Gasteiger partial charge in [-0.1, -0.05) is 34.1 Å². The lowest BCUT2D eigenvalue weighted by Gasteiger charge is -2.13. The largest absolute Gasteiger partial charge is 0.496 e. The molecular formula is C14H14BrFN2O. The van der Waals surface area contributed by atoms with Crippen LogP contribution < -0.4 is 15.6 Å². The van der Waals surface area contributed by atoms with Crippen LogP contribution in [-0.2, 0) is 6.54 Å². The van der Waals surface area contributed by atoms with Crippen LogP contribution in [0.1, 0.15) is 5.56 Å². The molecule has 0 aliphatic carbocycles. The van der Waals surface area contributed by atoms with Crippen LogP contribution in [-0.4, -0.2) is 7.11 Å². The Kier molecular flexibility index (Phi) is 4.76. The van der Waals surface area contributed by atoms with Crippen molar-refractivity contribution >= 4 is 21.6 Å². The second kappa shape index (κ2) is 6.54. The minimum atomic E-state index is -0.330. The second-order valence-electron chi connectivity index (χ2n) is 3.91. The Morgan fingerprint density at radius 2 is 1.95 bits per heavy atom. The maximum absolute atomic E-state index is 13.2. The number of hydrogen-bond donors (Lipinski definition) is 2. The Balaban J connectivity index is 2.03. The Morgan fingerprint density at radius 1 is 1.21 bits per heavy atom. The lowest BCUT2D eigenvalue weighted by Crippen LogP contribution is -2.21. The van der Waals surface area contributed by atoms with Crippen molar-refractivity contribution in [2.45, 2.75) is 6.54 Å². The summed E-state index contributed by atoms with van der Waals surface area (Å²) in [4.78, 5) is 0. The third kappa shape index (κ3) is 3.68. The molecule has 0 fully saturated rings. The maximum Gasteiger partial charge on any atom is 0.128 e. The van der Waals surface area contributed by atoms with E-state index in [1.54, 1.807) is 0 Å². The van der Waals surface area contributed by atoms with Crippen molar-refractivity contribution in [2.75, 3.05) is 12.5 Å². The molecule has 0 atom stereocenters. The first-order valence-corrected chi connectivity index (χ1v) is 6.56. The van der Waals surface area contributed by atoms with Gasteiger partial charge in [-0.15, -0.1) is 0 Å². The number of hydrazine groups is 1. The highest BCUT2D eigenvalue weighted by Gasteiger charge is 2.09. The highest BCUT2D eigenvalue weighted by Crippen LogP contribution is 2.28. The zero-order valence-electron chi connectivity index (χ0n) is 10.4. The first-order valence-electron chi connectivity index (χ1n) is 5.76. The smallest absolute Gasteiger partial charge is 0.128 e. The van der Waals surface area contributed by atoms with E-state index in [0.717, 1.165) is 11.3 Å². The van der Waals surface area contributed by atoms with E-state index < -0.39 is 0 Å². The van der Waals surface area contributed by atoms with Gasteiger partial charge in [-0.2, -0.15) is 0 Å². The first kappa shape index (κ1) is 13.8. The van der Waals surface area contributed by atoms with Gasteiger partial charge >= 0.3 is 0 Å². The Morgan fingerprint density at radius 3 is 2.63 bits per heavy atom. The number of nitrogens with one attached hydrogen (secondary N) is 2. The van der Waals surface area contributed by atoms with Crippen LogP contribution >= 0.6 is 15.9 Å². The lowest BCUT2D eigenvalue weighted by atomic mass is 10.2. The number of para-hydroxylation sites is 1. The number of ether oxygens (including phenoxy) is 1. The molecule has 0 bridgehead atoms. The summed E-state index contributed by atoms with van der Waals surface area (Å²) < 4.78 is 19.1. The van der Waals surface area contributed by atoms with Crippen molar-refractivity contribution in [1.29, 1.82) is 0 Å². The molecule has 19 heavy (non-hydrogen) atoms. The van der Waals surface area contributed by atoms with Gasteiger partial charge < -0.3 is 10.2 Å². The van der Waals surface area contributed by atoms with Gasteiger partial charge in [0, 0.05) is 28.3 Å². The zero-order valence-corrected chi connectivity index (χ0v) is 12.0. The maximum atomic E-state index is 13.2. The molecule has 0 unspecified atom stereocenters. The third-order valence-electron chi connectivity index (χ3n) is 2.61. The normalized spacial score (nSPS) is 10.3. The molecule has 0 amide bonds. The minimum absolute atomic E-state index is 0.330. The van der Waals surface area contributed by atoms with Crippen LogP contribution in [0.15, 0.2) is 46.9 Å². The summed E-state index contributed by atoms with van der Waals surface area (Å²) in [6.07, 6.45) is 0. The number of rotatable bonds is 5. The number of anilines is 1. The molecule has 0 saturated carbocycles. The number of hydrogen-bond acceptors (Lipinski definition) is 3. The lowest BCUT2D eigenvalue weighted by molar-refractivity contribution is 0.404. The van der Waals surface area contributed by atoms with Gasteiger partial charge in [0.15, 0.2) is 0 Å². The molecule has 5 heteroatoms. The molecule has 2 aromatic carbocycles. The van der Waals surface area contributed by atoms with Crippen molar-refractivity contribution in [3.63, 3.8) is 0 Å². The topological polar surface area (TPSA) is 33.3 Å². The first-order chi connectivity index (χ1) is 9.20. The Labute approximate surface area is 119 Å². The Hall–Kier alpha value is -1.59. The van der Waals surface area contributed by atoms with Crippen molar-refractivity contribution in [1.82, 2.24) is 5.43 Å². The van der Waals surface area contributed by atoms with E-state index in [0.29, 0.717) is 16.8 Å². The summed E-state index contributed by atoms with van der Waals surface area (Å²) in [6.45, 7) is 0.499. The molecule has 0 aromatic heterocycles. The molecule has 0 radical (unpaired) electrons. The van der Waals surface area contributed by atoms with Crippen molar-refractivity contribution in [3.05, 3.63) is 58.3 Å². The van der Waals surface area contributed by atoms with E-state index in [-0.39, 0.29) is 5.82 Å². The van der Waals surface area contributed by atoms with Crippen LogP contribution in [0.4, 0.5) is 10.1 Å². The van der Waals surface area contributed by atoms with E-state index >= 15 is 0 Å². The number of halogens is 2. The van der Waals surface area contributed by atoms with Gasteiger partial charge in [-0.25, -0.2) is 9.82 Å². The fourth-order valence-corrected chi connectivity index (χ4v) is 2.24. The molecule has 0 aliphatic rings. The van der Waals surface area contributed by atoms with Gasteiger partial charge in [0.1, 0.15) is 11.6 Å². The van der Waals surface area contributed by atoms with E-state index in [4.69, 9.17) is 4.74 Å². The van der Waals surface area contributed by atoms with Crippen molar-refractivity contribution < 1.29 is 9.13 Å². The molecule has 2 rings (SSSR count). The summed E-state index contributed by atoms with van der Waals surface area (Å²) in [5.41, 5.74) is 7.95. The standard InChI is InChI=1S/C14H14BrFN2O/c1-19-14-8-10(16)7-13(15)12(14)9-17-18-11-5-3-2-4-6-11/h2-8,17-18H,9H2,1H3. The van der Waals surface area contributed by atoms with Crippen LogP contribution in [0.3, 0.4) is 0 Å². The summed E-state index contributed by atoms with van der Waals surface area (Å²) in [7, 11) is 1.52. The second-order valence-corrected chi connectivity index (χ2v) is 4.77. The average molecular weight is 325 g/mol. The fourth-order valence-electron chi connectivity index (χ4n) is 1.69. The number of methoxy groups -OCH3 is 1. The highest BCUT2D eigenvalue weighted by atomic mass is 79.9. The molecule has 0 spiro atoms. The molecule has 0 aliphatic heterocycles. The van der Waals surface area contributed by atoms with Crippen LogP contribution in [0.2, 0.25) is 0 Å². The van der Waals surface area contributed by atoms with Gasteiger partial charge in [0.25, 0.3) is 0 Å². The summed E-state index contributed by atoms with van der Waals surface area (Å²) in [5.74, 6) is 0.178. The average Bonchev–Trinajstić information content (AvgIpc) is 2.42. The fraction of sp³-hybridized carbons (Fsp3) is 0.143. The quantitative estimate of drug-likeness (QED) is 0.822. The van der Waals surface area contributed by atoms with E-state index in [1.807, 2.05) is 30.3 Å². The van der Waals surface area contributed by atoms with Gasteiger partial charge in [0.05, 0.1) is 7.11 Å². The van der Waals surface area contributed by atoms with E-state index in [2.05, 4.69) is 26.8 Å². The summed E-state index contributed by atoms with van der Waals surface area (Å²) >= 11 is 3.34. The number of benzene rings is 2. The molecular weight excluding hydrogens is 311 g/mol. The van der Waals surface area contributed by atoms with Crippen LogP contribution in [0.25, 0.3) is 0 Å². The van der Waals surface area contributed by atoms with Gasteiger partial charge in [-0.05, 0) is 18.2 Å². The minimum Gasteiger partial charge on any atom is -0.496 e. The van der Waals surface area contributed by atoms with E-state index in [1.165, 1.54) is 19.2 Å². The summed E-state index contributed by atoms with van der Waals surface area (Å²) in [5, 5.41) is 0.